The highest BCUT2D eigenvalue weighted by Crippen LogP contribution is 2.05. The molecule has 0 saturated carbocycles. The quantitative estimate of drug-likeness (QED) is 0.782. The number of nitrogens with zero attached hydrogens (tertiary/aromatic N) is 1. The van der Waals surface area contributed by atoms with Gasteiger partial charge in [0.1, 0.15) is 0 Å². The second kappa shape index (κ2) is 6.61. The lowest BCUT2D eigenvalue weighted by Gasteiger charge is -2.18. The Labute approximate surface area is 92.5 Å². The van der Waals surface area contributed by atoms with Crippen molar-refractivity contribution < 1.29 is 8.42 Å². The Bertz CT molecular complexity index is 236. The monoisotopic (exact) mass is 242 g/mol. The molecule has 0 bridgehead atoms. The first-order valence-corrected chi connectivity index (χ1v) is 6.46. The predicted molar refractivity (Wildman–Crippen MR) is 60.4 cm³/mol. The van der Waals surface area contributed by atoms with E-state index in [9.17, 15) is 8.42 Å². The molecule has 0 aromatic heterocycles. The molecule has 0 spiro atoms. The molecule has 1 aliphatic rings. The molecular weight excluding hydrogens is 224 g/mol. The molecule has 0 radical (unpaired) electrons. The molecule has 0 aromatic carbocycles. The SMILES string of the molecule is CCCS(=O)(=O)N1CCCNCC1.Cl. The molecule has 6 heteroatoms. The molecule has 4 nitrogen and oxygen atoms in total. The van der Waals surface area contributed by atoms with Gasteiger partial charge in [-0.1, -0.05) is 6.92 Å². The average Bonchev–Trinajstić information content (AvgIpc) is 2.31. The van der Waals surface area contributed by atoms with Crippen LogP contribution in [-0.4, -0.2) is 44.7 Å². The number of nitrogens with one attached hydrogen (secondary N) is 1. The summed E-state index contributed by atoms with van der Waals surface area (Å²) in [6, 6.07) is 0. The van der Waals surface area contributed by atoms with Crippen molar-refractivity contribution >= 4 is 22.4 Å². The largest absolute Gasteiger partial charge is 0.315 e. The van der Waals surface area contributed by atoms with Gasteiger partial charge in [-0.15, -0.1) is 12.4 Å². The van der Waals surface area contributed by atoms with Gasteiger partial charge in [0.15, 0.2) is 0 Å². The summed E-state index contributed by atoms with van der Waals surface area (Å²) in [5.74, 6) is 0.285. The molecule has 0 aliphatic carbocycles. The van der Waals surface area contributed by atoms with Crippen molar-refractivity contribution in [1.82, 2.24) is 9.62 Å². The Balaban J connectivity index is 0.00000169. The summed E-state index contributed by atoms with van der Waals surface area (Å²) in [5.41, 5.74) is 0. The van der Waals surface area contributed by atoms with E-state index in [1.165, 1.54) is 0 Å². The highest BCUT2D eigenvalue weighted by Gasteiger charge is 2.21. The summed E-state index contributed by atoms with van der Waals surface area (Å²) >= 11 is 0. The first kappa shape index (κ1) is 14.2. The van der Waals surface area contributed by atoms with E-state index in [4.69, 9.17) is 0 Å². The molecule has 0 amide bonds. The van der Waals surface area contributed by atoms with Gasteiger partial charge in [0.25, 0.3) is 0 Å². The molecule has 1 rings (SSSR count). The van der Waals surface area contributed by atoms with Crippen molar-refractivity contribution in [2.24, 2.45) is 0 Å². The van der Waals surface area contributed by atoms with Gasteiger partial charge in [-0.05, 0) is 19.4 Å². The summed E-state index contributed by atoms with van der Waals surface area (Å²) in [7, 11) is -2.96. The number of rotatable bonds is 3. The van der Waals surface area contributed by atoms with E-state index in [2.05, 4.69) is 5.32 Å². The van der Waals surface area contributed by atoms with E-state index in [1.807, 2.05) is 6.92 Å². The van der Waals surface area contributed by atoms with Crippen LogP contribution in [0.4, 0.5) is 0 Å². The minimum atomic E-state index is -2.96. The lowest BCUT2D eigenvalue weighted by atomic mass is 10.4. The van der Waals surface area contributed by atoms with Crippen LogP contribution in [0.25, 0.3) is 0 Å². The maximum absolute atomic E-state index is 11.6. The number of halogens is 1. The van der Waals surface area contributed by atoms with E-state index in [0.717, 1.165) is 19.5 Å². The fraction of sp³-hybridized carbons (Fsp3) is 1.00. The van der Waals surface area contributed by atoms with Crippen LogP contribution in [0.1, 0.15) is 19.8 Å². The molecule has 1 fully saturated rings. The van der Waals surface area contributed by atoms with Crippen molar-refractivity contribution in [3.8, 4) is 0 Å². The van der Waals surface area contributed by atoms with E-state index in [-0.39, 0.29) is 18.2 Å². The fourth-order valence-electron chi connectivity index (χ4n) is 1.49. The topological polar surface area (TPSA) is 49.4 Å². The lowest BCUT2D eigenvalue weighted by Crippen LogP contribution is -2.35. The van der Waals surface area contributed by atoms with Crippen molar-refractivity contribution in [2.45, 2.75) is 19.8 Å². The highest BCUT2D eigenvalue weighted by molar-refractivity contribution is 7.89. The van der Waals surface area contributed by atoms with Crippen LogP contribution >= 0.6 is 12.4 Å². The molecule has 1 N–H and O–H groups in total. The van der Waals surface area contributed by atoms with Crippen molar-refractivity contribution in [3.63, 3.8) is 0 Å². The van der Waals surface area contributed by atoms with Crippen molar-refractivity contribution in [2.75, 3.05) is 31.9 Å². The van der Waals surface area contributed by atoms with Gasteiger partial charge in [-0.2, -0.15) is 0 Å². The fourth-order valence-corrected chi connectivity index (χ4v) is 3.04. The van der Waals surface area contributed by atoms with Gasteiger partial charge in [-0.25, -0.2) is 12.7 Å². The normalized spacial score (nSPS) is 19.8. The summed E-state index contributed by atoms with van der Waals surface area (Å²) in [6.07, 6.45) is 1.62. The summed E-state index contributed by atoms with van der Waals surface area (Å²) in [4.78, 5) is 0. The molecule has 0 atom stereocenters. The standard InChI is InChI=1S/C8H18N2O2S.ClH/c1-2-8-13(11,12)10-6-3-4-9-5-7-10;/h9H,2-8H2,1H3;1H. The van der Waals surface area contributed by atoms with Gasteiger partial charge in [-0.3, -0.25) is 0 Å². The zero-order chi connectivity index (χ0) is 9.73. The zero-order valence-corrected chi connectivity index (χ0v) is 10.2. The predicted octanol–water partition coefficient (Wildman–Crippen LogP) is 0.443. The third kappa shape index (κ3) is 4.13. The van der Waals surface area contributed by atoms with Crippen LogP contribution in [0.5, 0.6) is 0 Å². The average molecular weight is 243 g/mol. The Kier molecular flexibility index (Phi) is 6.68. The van der Waals surface area contributed by atoms with Gasteiger partial charge in [0.2, 0.25) is 10.0 Å². The Morgan fingerprint density at radius 2 is 2.00 bits per heavy atom. The van der Waals surface area contributed by atoms with Crippen molar-refractivity contribution in [1.29, 1.82) is 0 Å². The lowest BCUT2D eigenvalue weighted by molar-refractivity contribution is 0.431. The molecular formula is C8H19ClN2O2S. The summed E-state index contributed by atoms with van der Waals surface area (Å²) in [5, 5.41) is 3.19. The third-order valence-electron chi connectivity index (χ3n) is 2.15. The molecule has 1 saturated heterocycles. The van der Waals surface area contributed by atoms with E-state index < -0.39 is 10.0 Å². The van der Waals surface area contributed by atoms with Gasteiger partial charge in [0, 0.05) is 19.6 Å². The van der Waals surface area contributed by atoms with Gasteiger partial charge in [0.05, 0.1) is 5.75 Å². The van der Waals surface area contributed by atoms with Crippen LogP contribution in [0, 0.1) is 0 Å². The Morgan fingerprint density at radius 1 is 1.29 bits per heavy atom. The second-order valence-electron chi connectivity index (χ2n) is 3.32. The van der Waals surface area contributed by atoms with E-state index in [0.29, 0.717) is 19.5 Å². The number of hydrogen-bond acceptors (Lipinski definition) is 3. The smallest absolute Gasteiger partial charge is 0.214 e. The van der Waals surface area contributed by atoms with Gasteiger partial charge >= 0.3 is 0 Å². The second-order valence-corrected chi connectivity index (χ2v) is 5.41. The Hall–Kier alpha value is 0.160. The third-order valence-corrected chi connectivity index (χ3v) is 4.23. The molecule has 86 valence electrons. The van der Waals surface area contributed by atoms with Crippen molar-refractivity contribution in [3.05, 3.63) is 0 Å². The first-order chi connectivity index (χ1) is 6.17. The molecule has 1 aliphatic heterocycles. The first-order valence-electron chi connectivity index (χ1n) is 4.85. The summed E-state index contributed by atoms with van der Waals surface area (Å²) in [6.45, 7) is 4.91. The molecule has 0 aromatic rings. The van der Waals surface area contributed by atoms with E-state index >= 15 is 0 Å². The van der Waals surface area contributed by atoms with Crippen LogP contribution in [0.15, 0.2) is 0 Å². The Morgan fingerprint density at radius 3 is 2.64 bits per heavy atom. The maximum Gasteiger partial charge on any atom is 0.214 e. The summed E-state index contributed by atoms with van der Waals surface area (Å²) < 4.78 is 24.9. The van der Waals surface area contributed by atoms with Crippen LogP contribution < -0.4 is 5.32 Å². The van der Waals surface area contributed by atoms with Crippen LogP contribution in [0.3, 0.4) is 0 Å². The molecule has 0 unspecified atom stereocenters. The highest BCUT2D eigenvalue weighted by atomic mass is 35.5. The zero-order valence-electron chi connectivity index (χ0n) is 8.53. The maximum atomic E-state index is 11.6. The molecule has 14 heavy (non-hydrogen) atoms. The number of hydrogen-bond donors (Lipinski definition) is 1. The minimum Gasteiger partial charge on any atom is -0.315 e. The van der Waals surface area contributed by atoms with Crippen LogP contribution in [0.2, 0.25) is 0 Å². The molecule has 1 heterocycles. The minimum absolute atomic E-state index is 0. The van der Waals surface area contributed by atoms with Gasteiger partial charge < -0.3 is 5.32 Å². The van der Waals surface area contributed by atoms with E-state index in [1.54, 1.807) is 4.31 Å². The number of sulfonamides is 1. The van der Waals surface area contributed by atoms with Crippen LogP contribution in [-0.2, 0) is 10.0 Å².